The maximum atomic E-state index is 9.56. The van der Waals surface area contributed by atoms with Crippen LogP contribution in [0.5, 0.6) is 5.75 Å². The van der Waals surface area contributed by atoms with Crippen molar-refractivity contribution in [1.82, 2.24) is 0 Å². The van der Waals surface area contributed by atoms with Gasteiger partial charge in [-0.3, -0.25) is 0 Å². The Morgan fingerprint density at radius 2 is 1.31 bits per heavy atom. The van der Waals surface area contributed by atoms with Gasteiger partial charge in [0.15, 0.2) is 0 Å². The molecule has 4 N–H and O–H groups in total. The van der Waals surface area contributed by atoms with E-state index in [1.807, 2.05) is 12.1 Å². The molecular formula is C26H32N2O. The van der Waals surface area contributed by atoms with Gasteiger partial charge in [0.1, 0.15) is 5.75 Å². The minimum Gasteiger partial charge on any atom is -0.508 e. The quantitative estimate of drug-likeness (QED) is 0.430. The number of rotatable bonds is 6. The molecule has 3 nitrogen and oxygen atoms in total. The molecule has 0 saturated heterocycles. The van der Waals surface area contributed by atoms with Crippen molar-refractivity contribution in [3.63, 3.8) is 0 Å². The largest absolute Gasteiger partial charge is 0.508 e. The Balaban J connectivity index is 1.84. The highest BCUT2D eigenvalue weighted by Gasteiger charge is 2.13. The maximum absolute atomic E-state index is 9.56. The van der Waals surface area contributed by atoms with Gasteiger partial charge in [0, 0.05) is 11.4 Å². The topological polar surface area (TPSA) is 58.3 Å². The summed E-state index contributed by atoms with van der Waals surface area (Å²) in [7, 11) is 0. The van der Waals surface area contributed by atoms with Crippen LogP contribution in [-0.2, 0) is 6.42 Å². The van der Waals surface area contributed by atoms with Crippen LogP contribution in [0.2, 0.25) is 0 Å². The number of nitrogen functional groups attached to an aromatic ring is 1. The molecule has 3 aromatic rings. The summed E-state index contributed by atoms with van der Waals surface area (Å²) in [5, 5.41) is 13.3. The summed E-state index contributed by atoms with van der Waals surface area (Å²) in [6.45, 7) is 10.7. The molecule has 0 heterocycles. The number of phenolic OH excluding ortho intramolecular Hbond substituents is 1. The molecule has 0 saturated carbocycles. The van der Waals surface area contributed by atoms with Gasteiger partial charge < -0.3 is 16.2 Å². The minimum atomic E-state index is 0.209. The van der Waals surface area contributed by atoms with E-state index in [2.05, 4.69) is 64.2 Å². The van der Waals surface area contributed by atoms with E-state index in [0.717, 1.165) is 29.7 Å². The molecule has 0 radical (unpaired) electrons. The summed E-state index contributed by atoms with van der Waals surface area (Å²) in [5.41, 5.74) is 16.8. The molecule has 0 spiro atoms. The Kier molecular flexibility index (Phi) is 6.17. The lowest BCUT2D eigenvalue weighted by molar-refractivity contribution is 0.475. The fraction of sp³-hybridized carbons (Fsp3) is 0.308. The van der Waals surface area contributed by atoms with Crippen molar-refractivity contribution in [3.8, 4) is 5.75 Å². The van der Waals surface area contributed by atoms with Crippen LogP contribution >= 0.6 is 0 Å². The molecule has 29 heavy (non-hydrogen) atoms. The minimum absolute atomic E-state index is 0.209. The normalized spacial score (nSPS) is 12.0. The number of aromatic hydroxyl groups is 1. The number of hydrogen-bond donors (Lipinski definition) is 3. The predicted octanol–water partition coefficient (Wildman–Crippen LogP) is 6.36. The van der Waals surface area contributed by atoms with Crippen molar-refractivity contribution < 1.29 is 5.11 Å². The van der Waals surface area contributed by atoms with Crippen LogP contribution in [0, 0.1) is 27.7 Å². The van der Waals surface area contributed by atoms with Crippen molar-refractivity contribution in [2.45, 2.75) is 53.5 Å². The predicted molar refractivity (Wildman–Crippen MR) is 124 cm³/mol. The van der Waals surface area contributed by atoms with Gasteiger partial charge in [0.2, 0.25) is 0 Å². The Bertz CT molecular complexity index is 960. The zero-order valence-corrected chi connectivity index (χ0v) is 18.1. The summed E-state index contributed by atoms with van der Waals surface area (Å²) < 4.78 is 0. The first kappa shape index (κ1) is 20.8. The Morgan fingerprint density at radius 1 is 0.828 bits per heavy atom. The van der Waals surface area contributed by atoms with Crippen LogP contribution < -0.4 is 11.1 Å². The fourth-order valence-electron chi connectivity index (χ4n) is 4.09. The number of phenols is 1. The van der Waals surface area contributed by atoms with E-state index in [4.69, 9.17) is 5.73 Å². The third-order valence-corrected chi connectivity index (χ3v) is 5.68. The zero-order chi connectivity index (χ0) is 21.1. The second kappa shape index (κ2) is 8.60. The number of anilines is 2. The lowest BCUT2D eigenvalue weighted by Crippen LogP contribution is -2.12. The summed E-state index contributed by atoms with van der Waals surface area (Å²) in [6, 6.07) is 16.6. The van der Waals surface area contributed by atoms with Gasteiger partial charge in [-0.2, -0.15) is 0 Å². The van der Waals surface area contributed by atoms with Crippen LogP contribution in [0.25, 0.3) is 0 Å². The first-order valence-electron chi connectivity index (χ1n) is 10.3. The van der Waals surface area contributed by atoms with Gasteiger partial charge in [-0.05, 0) is 91.6 Å². The lowest BCUT2D eigenvalue weighted by atomic mass is 9.95. The lowest BCUT2D eigenvalue weighted by Gasteiger charge is -2.23. The molecule has 1 unspecified atom stereocenters. The van der Waals surface area contributed by atoms with Crippen molar-refractivity contribution in [2.24, 2.45) is 0 Å². The Labute approximate surface area is 174 Å². The first-order valence-corrected chi connectivity index (χ1v) is 10.3. The highest BCUT2D eigenvalue weighted by atomic mass is 16.3. The van der Waals surface area contributed by atoms with Gasteiger partial charge in [0.25, 0.3) is 0 Å². The zero-order valence-electron chi connectivity index (χ0n) is 18.1. The van der Waals surface area contributed by atoms with E-state index < -0.39 is 0 Å². The Hall–Kier alpha value is -2.94. The molecule has 3 heteroatoms. The van der Waals surface area contributed by atoms with E-state index >= 15 is 0 Å². The molecule has 0 aliphatic carbocycles. The van der Waals surface area contributed by atoms with Gasteiger partial charge in [-0.15, -0.1) is 0 Å². The van der Waals surface area contributed by atoms with E-state index in [0.29, 0.717) is 5.75 Å². The standard InChI is InChI=1S/C26H32N2O/c1-6-24(22-7-9-23(29)10-8-22)28-26-18(4)13-21(14-19(26)5)15-20-11-16(2)25(27)17(3)12-20/h7-14,24,28-29H,6,15,27H2,1-5H3. The summed E-state index contributed by atoms with van der Waals surface area (Å²) in [5.74, 6) is 0.299. The second-order valence-corrected chi connectivity index (χ2v) is 8.12. The van der Waals surface area contributed by atoms with Crippen LogP contribution in [0.4, 0.5) is 11.4 Å². The number of benzene rings is 3. The average molecular weight is 389 g/mol. The SMILES string of the molecule is CCC(Nc1c(C)cc(Cc2cc(C)c(N)c(C)c2)cc1C)c1ccc(O)cc1. The van der Waals surface area contributed by atoms with E-state index in [9.17, 15) is 5.11 Å². The third kappa shape index (κ3) is 4.73. The number of hydrogen-bond acceptors (Lipinski definition) is 3. The van der Waals surface area contributed by atoms with E-state index in [-0.39, 0.29) is 6.04 Å². The van der Waals surface area contributed by atoms with Crippen LogP contribution in [0.15, 0.2) is 48.5 Å². The summed E-state index contributed by atoms with van der Waals surface area (Å²) in [6.07, 6.45) is 1.87. The van der Waals surface area contributed by atoms with Crippen molar-refractivity contribution >= 4 is 11.4 Å². The highest BCUT2D eigenvalue weighted by molar-refractivity contribution is 5.60. The van der Waals surface area contributed by atoms with Crippen LogP contribution in [0.3, 0.4) is 0 Å². The van der Waals surface area contributed by atoms with Crippen molar-refractivity contribution in [1.29, 1.82) is 0 Å². The molecular weight excluding hydrogens is 356 g/mol. The molecule has 0 amide bonds. The summed E-state index contributed by atoms with van der Waals surface area (Å²) in [4.78, 5) is 0. The molecule has 3 aromatic carbocycles. The molecule has 0 aliphatic rings. The number of nitrogens with two attached hydrogens (primary N) is 1. The fourth-order valence-corrected chi connectivity index (χ4v) is 4.09. The monoisotopic (exact) mass is 388 g/mol. The van der Waals surface area contributed by atoms with Gasteiger partial charge in [0.05, 0.1) is 6.04 Å². The van der Waals surface area contributed by atoms with Gasteiger partial charge in [-0.25, -0.2) is 0 Å². The smallest absolute Gasteiger partial charge is 0.115 e. The molecule has 3 rings (SSSR count). The molecule has 0 aromatic heterocycles. The maximum Gasteiger partial charge on any atom is 0.115 e. The molecule has 1 atom stereocenters. The highest BCUT2D eigenvalue weighted by Crippen LogP contribution is 2.30. The number of aryl methyl sites for hydroxylation is 4. The van der Waals surface area contributed by atoms with Gasteiger partial charge >= 0.3 is 0 Å². The molecule has 0 aliphatic heterocycles. The Morgan fingerprint density at radius 3 is 1.79 bits per heavy atom. The first-order chi connectivity index (χ1) is 13.8. The summed E-state index contributed by atoms with van der Waals surface area (Å²) >= 11 is 0. The average Bonchev–Trinajstić information content (AvgIpc) is 2.66. The van der Waals surface area contributed by atoms with E-state index in [1.165, 1.54) is 33.5 Å². The van der Waals surface area contributed by atoms with Crippen LogP contribution in [0.1, 0.15) is 58.3 Å². The van der Waals surface area contributed by atoms with Crippen LogP contribution in [-0.4, -0.2) is 5.11 Å². The van der Waals surface area contributed by atoms with Gasteiger partial charge in [-0.1, -0.05) is 43.3 Å². The second-order valence-electron chi connectivity index (χ2n) is 8.12. The van der Waals surface area contributed by atoms with Crippen molar-refractivity contribution in [2.75, 3.05) is 11.1 Å². The molecule has 0 fully saturated rings. The van der Waals surface area contributed by atoms with E-state index in [1.54, 1.807) is 12.1 Å². The molecule has 0 bridgehead atoms. The third-order valence-electron chi connectivity index (χ3n) is 5.68. The number of nitrogens with one attached hydrogen (secondary N) is 1. The van der Waals surface area contributed by atoms with Crippen molar-refractivity contribution in [3.05, 3.63) is 87.5 Å². The molecule has 152 valence electrons.